The van der Waals surface area contributed by atoms with Gasteiger partial charge in [0.25, 0.3) is 0 Å². The van der Waals surface area contributed by atoms with Crippen molar-refractivity contribution in [2.45, 2.75) is 51.4 Å². The molecule has 0 aliphatic heterocycles. The van der Waals surface area contributed by atoms with E-state index in [4.69, 9.17) is 28.4 Å². The Kier molecular flexibility index (Phi) is 28.0. The van der Waals surface area contributed by atoms with Gasteiger partial charge in [0.05, 0.1) is 59.5 Å². The average molecular weight is 638 g/mol. The maximum Gasteiger partial charge on any atom is 0.243 e. The largest absolute Gasteiger partial charge is 0.379 e. The van der Waals surface area contributed by atoms with E-state index in [-0.39, 0.29) is 49.5 Å². The lowest BCUT2D eigenvalue weighted by atomic mass is 9.85. The molecule has 0 unspecified atom stereocenters. The van der Waals surface area contributed by atoms with E-state index in [0.29, 0.717) is 85.3 Å². The van der Waals surface area contributed by atoms with E-state index in [9.17, 15) is 19.2 Å². The van der Waals surface area contributed by atoms with Crippen LogP contribution in [-0.2, 0) is 47.6 Å². The number of allylic oxidation sites excluding steroid dienone is 3. The van der Waals surface area contributed by atoms with Crippen LogP contribution in [0, 0.1) is 5.41 Å². The summed E-state index contributed by atoms with van der Waals surface area (Å²) in [4.78, 5) is 46.3. The van der Waals surface area contributed by atoms with Crippen LogP contribution in [0.5, 0.6) is 0 Å². The summed E-state index contributed by atoms with van der Waals surface area (Å²) in [6.45, 7) is 18.6. The number of hydrogen-bond donors (Lipinski definition) is 1. The Balaban J connectivity index is 4.76. The lowest BCUT2D eigenvalue weighted by Gasteiger charge is -2.32. The molecule has 0 rings (SSSR count). The van der Waals surface area contributed by atoms with E-state index >= 15 is 0 Å². The van der Waals surface area contributed by atoms with E-state index < -0.39 is 5.41 Å². The Hall–Kier alpha value is -2.80. The van der Waals surface area contributed by atoms with Gasteiger partial charge in [-0.2, -0.15) is 0 Å². The first-order chi connectivity index (χ1) is 21.8. The van der Waals surface area contributed by atoms with E-state index in [1.165, 1.54) is 24.3 Å². The molecule has 0 saturated carbocycles. The van der Waals surface area contributed by atoms with Gasteiger partial charge in [-0.05, 0) is 56.4 Å². The molecule has 0 bridgehead atoms. The zero-order chi connectivity index (χ0) is 33.4. The van der Waals surface area contributed by atoms with E-state index in [0.717, 1.165) is 25.7 Å². The maximum atomic E-state index is 12.5. The fourth-order valence-corrected chi connectivity index (χ4v) is 3.91. The van der Waals surface area contributed by atoms with Crippen molar-refractivity contribution in [3.05, 3.63) is 50.6 Å². The van der Waals surface area contributed by atoms with Gasteiger partial charge in [0, 0.05) is 51.0 Å². The number of rotatable bonds is 35. The van der Waals surface area contributed by atoms with Gasteiger partial charge in [0.2, 0.25) is 5.91 Å². The zero-order valence-electron chi connectivity index (χ0n) is 27.1. The van der Waals surface area contributed by atoms with Crippen molar-refractivity contribution in [2.24, 2.45) is 5.41 Å². The lowest BCUT2D eigenvalue weighted by molar-refractivity contribution is -0.126. The summed E-state index contributed by atoms with van der Waals surface area (Å²) < 4.78 is 34.6. The number of hydrogen-bond acceptors (Lipinski definition) is 10. The zero-order valence-corrected chi connectivity index (χ0v) is 27.1. The van der Waals surface area contributed by atoms with Crippen molar-refractivity contribution in [2.75, 3.05) is 85.8 Å². The Morgan fingerprint density at radius 1 is 0.489 bits per heavy atom. The third-order valence-corrected chi connectivity index (χ3v) is 6.45. The Bertz CT molecular complexity index is 780. The molecule has 45 heavy (non-hydrogen) atoms. The summed E-state index contributed by atoms with van der Waals surface area (Å²) in [5.41, 5.74) is -0.768. The van der Waals surface area contributed by atoms with Gasteiger partial charge >= 0.3 is 0 Å². The summed E-state index contributed by atoms with van der Waals surface area (Å²) in [5, 5.41) is 2.69. The Morgan fingerprint density at radius 3 is 1.29 bits per heavy atom. The Morgan fingerprint density at radius 2 is 0.889 bits per heavy atom. The molecule has 0 radical (unpaired) electrons. The second-order valence-corrected chi connectivity index (χ2v) is 10.4. The Labute approximate surface area is 269 Å². The fourth-order valence-electron chi connectivity index (χ4n) is 3.91. The van der Waals surface area contributed by atoms with Gasteiger partial charge in [-0.15, -0.1) is 0 Å². The number of ether oxygens (including phenoxy) is 6. The van der Waals surface area contributed by atoms with E-state index in [1.54, 1.807) is 0 Å². The van der Waals surface area contributed by atoms with Crippen molar-refractivity contribution in [1.82, 2.24) is 5.32 Å². The molecule has 1 amide bonds. The van der Waals surface area contributed by atoms with Crippen LogP contribution in [0.2, 0.25) is 0 Å². The molecule has 0 heterocycles. The van der Waals surface area contributed by atoms with Crippen molar-refractivity contribution in [1.29, 1.82) is 0 Å². The smallest absolute Gasteiger partial charge is 0.243 e. The van der Waals surface area contributed by atoms with Gasteiger partial charge in [-0.3, -0.25) is 19.2 Å². The van der Waals surface area contributed by atoms with Gasteiger partial charge in [0.1, 0.15) is 0 Å². The number of amides is 1. The predicted octanol–water partition coefficient (Wildman–Crippen LogP) is 3.76. The minimum absolute atomic E-state index is 0.0255. The first-order valence-electron chi connectivity index (χ1n) is 15.6. The van der Waals surface area contributed by atoms with Crippen LogP contribution in [0.1, 0.15) is 51.4 Å². The summed E-state index contributed by atoms with van der Waals surface area (Å²) in [6.07, 6.45) is 9.87. The van der Waals surface area contributed by atoms with Crippen molar-refractivity contribution in [3.63, 3.8) is 0 Å². The van der Waals surface area contributed by atoms with Crippen molar-refractivity contribution in [3.8, 4) is 0 Å². The van der Waals surface area contributed by atoms with Crippen LogP contribution in [-0.4, -0.2) is 109 Å². The number of nitrogens with one attached hydrogen (secondary N) is 1. The van der Waals surface area contributed by atoms with E-state index in [1.807, 2.05) is 0 Å². The minimum atomic E-state index is -0.768. The molecule has 256 valence electrons. The van der Waals surface area contributed by atoms with Crippen LogP contribution >= 0.6 is 0 Å². The number of carbonyl (C=O) groups excluding carboxylic acids is 4. The topological polar surface area (TPSA) is 136 Å². The molecule has 0 aromatic carbocycles. The highest BCUT2D eigenvalue weighted by molar-refractivity contribution is 5.90. The molecule has 11 nitrogen and oxygen atoms in total. The molecular weight excluding hydrogens is 582 g/mol. The first kappa shape index (κ1) is 42.2. The molecule has 0 fully saturated rings. The van der Waals surface area contributed by atoms with Crippen LogP contribution < -0.4 is 5.32 Å². The molecule has 0 aromatic heterocycles. The number of ketones is 3. The van der Waals surface area contributed by atoms with Crippen LogP contribution in [0.3, 0.4) is 0 Å². The molecule has 0 atom stereocenters. The van der Waals surface area contributed by atoms with Crippen molar-refractivity contribution < 1.29 is 47.6 Å². The molecular formula is C34H55NO10. The normalized spacial score (nSPS) is 11.1. The molecule has 0 aromatic rings. The lowest BCUT2D eigenvalue weighted by Crippen LogP contribution is -2.40. The highest BCUT2D eigenvalue weighted by Crippen LogP contribution is 2.25. The third kappa shape index (κ3) is 26.2. The molecule has 0 saturated heterocycles. The van der Waals surface area contributed by atoms with Crippen LogP contribution in [0.25, 0.3) is 0 Å². The van der Waals surface area contributed by atoms with Gasteiger partial charge < -0.3 is 33.7 Å². The minimum Gasteiger partial charge on any atom is -0.379 e. The quantitative estimate of drug-likeness (QED) is 0.0808. The molecule has 0 aliphatic carbocycles. The molecule has 0 aliphatic rings. The van der Waals surface area contributed by atoms with Crippen LogP contribution in [0.4, 0.5) is 0 Å². The predicted molar refractivity (Wildman–Crippen MR) is 173 cm³/mol. The number of carbonyl (C=O) groups is 4. The molecule has 1 N–H and O–H groups in total. The fraction of sp³-hybridized carbons (Fsp3) is 0.647. The van der Waals surface area contributed by atoms with Gasteiger partial charge in [0.15, 0.2) is 17.3 Å². The van der Waals surface area contributed by atoms with Crippen molar-refractivity contribution >= 4 is 23.3 Å². The molecule has 0 spiro atoms. The van der Waals surface area contributed by atoms with Crippen LogP contribution in [0.15, 0.2) is 50.6 Å². The van der Waals surface area contributed by atoms with Gasteiger partial charge in [-0.1, -0.05) is 26.3 Å². The second kappa shape index (κ2) is 29.9. The highest BCUT2D eigenvalue weighted by Gasteiger charge is 2.34. The second-order valence-electron chi connectivity index (χ2n) is 10.4. The summed E-state index contributed by atoms with van der Waals surface area (Å²) in [5.74, 6) is -0.325. The maximum absolute atomic E-state index is 12.5. The summed E-state index contributed by atoms with van der Waals surface area (Å²) >= 11 is 0. The monoisotopic (exact) mass is 637 g/mol. The van der Waals surface area contributed by atoms with Gasteiger partial charge in [-0.25, -0.2) is 0 Å². The van der Waals surface area contributed by atoms with E-state index in [2.05, 4.69) is 31.6 Å². The molecule has 11 heteroatoms. The average Bonchev–Trinajstić information content (AvgIpc) is 3.05. The summed E-state index contributed by atoms with van der Waals surface area (Å²) in [6, 6.07) is 0. The SMILES string of the molecule is C=CC(=O)CCCCOCCOCC(COCCOCCCCC(=O)C=C)(COCCOCCCNC(=O)C=C)CC(=O)C=C. The summed E-state index contributed by atoms with van der Waals surface area (Å²) in [7, 11) is 0. The first-order valence-corrected chi connectivity index (χ1v) is 15.6. The standard InChI is InChI=1S/C34H55NO10/c1-5-30(36)14-9-11-17-40-20-23-43-27-34(26-32(38)7-3,28-44-24-21-41-18-12-10-15-31(37)6-2)29-45-25-22-42-19-13-16-35-33(39)8-4/h5-8H,1-4,9-29H2,(H,35,39). The number of unbranched alkanes of at least 4 members (excludes halogenated alkanes) is 2. The third-order valence-electron chi connectivity index (χ3n) is 6.45. The highest BCUT2D eigenvalue weighted by atomic mass is 16.5.